The van der Waals surface area contributed by atoms with Crippen LogP contribution in [-0.4, -0.2) is 27.5 Å². The number of hydrogen-bond acceptors (Lipinski definition) is 4. The molecule has 0 aromatic heterocycles. The maximum atomic E-state index is 11.3. The molecule has 0 radical (unpaired) electrons. The third-order valence-electron chi connectivity index (χ3n) is 0.546. The lowest BCUT2D eigenvalue weighted by molar-refractivity contribution is 0.0513. The van der Waals surface area contributed by atoms with Crippen LogP contribution in [0.1, 0.15) is 0 Å². The topological polar surface area (TPSA) is 72.5 Å². The summed E-state index contributed by atoms with van der Waals surface area (Å²) >= 11 is 0. The minimum atomic E-state index is -4.27. The number of halogens is 3. The van der Waals surface area contributed by atoms with Gasteiger partial charge < -0.3 is 4.74 Å². The summed E-state index contributed by atoms with van der Waals surface area (Å²) in [5, 5.41) is 0. The van der Waals surface area contributed by atoms with Crippen molar-refractivity contribution in [1.82, 2.24) is 4.72 Å². The lowest BCUT2D eigenvalue weighted by Crippen LogP contribution is -2.28. The molecular weight excluding hydrogens is 220 g/mol. The van der Waals surface area contributed by atoms with Crippen LogP contribution in [0.2, 0.25) is 0 Å². The van der Waals surface area contributed by atoms with E-state index >= 15 is 0 Å². The highest BCUT2D eigenvalue weighted by molar-refractivity contribution is 8.12. The van der Waals surface area contributed by atoms with Crippen molar-refractivity contribution in [2.45, 2.75) is 6.43 Å². The molecule has 1 N–H and O–H groups in total. The van der Waals surface area contributed by atoms with Gasteiger partial charge in [-0.2, -0.15) is 8.42 Å². The molecule has 9 heteroatoms. The van der Waals surface area contributed by atoms with E-state index in [1.54, 1.807) is 0 Å². The third kappa shape index (κ3) is 7.48. The van der Waals surface area contributed by atoms with Crippen LogP contribution in [0, 0.1) is 0 Å². The highest BCUT2D eigenvalue weighted by Crippen LogP contribution is 1.95. The van der Waals surface area contributed by atoms with E-state index in [2.05, 4.69) is 15.4 Å². The molecule has 0 aromatic rings. The summed E-state index contributed by atoms with van der Waals surface area (Å²) < 4.78 is 47.6. The summed E-state index contributed by atoms with van der Waals surface area (Å²) in [6, 6.07) is 0. The number of rotatable bonds is 3. The smallest absolute Gasteiger partial charge is 0.422 e. The van der Waals surface area contributed by atoms with Crippen molar-refractivity contribution in [3.05, 3.63) is 0 Å². The first-order valence-electron chi connectivity index (χ1n) is 2.48. The predicted molar refractivity (Wildman–Crippen MR) is 35.3 cm³/mol. The summed E-state index contributed by atoms with van der Waals surface area (Å²) in [4.78, 5) is 10.2. The van der Waals surface area contributed by atoms with Gasteiger partial charge in [-0.15, -0.1) is 0 Å². The van der Waals surface area contributed by atoms with E-state index in [1.165, 1.54) is 0 Å². The number of alkyl halides is 2. The zero-order valence-corrected chi connectivity index (χ0v) is 7.03. The Bertz CT molecular complexity index is 253. The van der Waals surface area contributed by atoms with E-state index in [9.17, 15) is 22.0 Å². The molecule has 12 heavy (non-hydrogen) atoms. The van der Waals surface area contributed by atoms with Crippen LogP contribution in [0.4, 0.5) is 13.6 Å². The SMILES string of the molecule is O=C(NS(=O)(=O)Cl)OCC(F)F. The number of carbonyl (C=O) groups is 1. The Morgan fingerprint density at radius 2 is 2.08 bits per heavy atom. The summed E-state index contributed by atoms with van der Waals surface area (Å²) in [6.45, 7) is -1.18. The van der Waals surface area contributed by atoms with Gasteiger partial charge >= 0.3 is 15.3 Å². The van der Waals surface area contributed by atoms with Gasteiger partial charge in [0, 0.05) is 10.7 Å². The summed E-state index contributed by atoms with van der Waals surface area (Å²) in [5.74, 6) is 0. The fraction of sp³-hybridized carbons (Fsp3) is 0.667. The van der Waals surface area contributed by atoms with Gasteiger partial charge in [0.1, 0.15) is 0 Å². The van der Waals surface area contributed by atoms with Crippen LogP contribution in [0.5, 0.6) is 0 Å². The third-order valence-corrected chi connectivity index (χ3v) is 1.19. The van der Waals surface area contributed by atoms with Crippen molar-refractivity contribution in [2.75, 3.05) is 6.61 Å². The summed E-state index contributed by atoms with van der Waals surface area (Å²) in [6.07, 6.45) is -4.39. The molecule has 0 saturated carbocycles. The van der Waals surface area contributed by atoms with Gasteiger partial charge in [-0.25, -0.2) is 18.3 Å². The minimum Gasteiger partial charge on any atom is -0.443 e. The van der Waals surface area contributed by atoms with Gasteiger partial charge in [-0.05, 0) is 0 Å². The summed E-state index contributed by atoms with van der Waals surface area (Å²) in [7, 11) is 0.248. The average Bonchev–Trinajstić information content (AvgIpc) is 1.79. The Morgan fingerprint density at radius 3 is 2.42 bits per heavy atom. The molecule has 0 aliphatic heterocycles. The Morgan fingerprint density at radius 1 is 1.58 bits per heavy atom. The van der Waals surface area contributed by atoms with Crippen LogP contribution in [-0.2, 0) is 14.0 Å². The fourth-order valence-electron chi connectivity index (χ4n) is 0.268. The zero-order valence-electron chi connectivity index (χ0n) is 5.46. The molecule has 0 aromatic carbocycles. The molecule has 0 spiro atoms. The number of hydrogen-bond donors (Lipinski definition) is 1. The number of ether oxygens (including phenoxy) is 1. The van der Waals surface area contributed by atoms with Gasteiger partial charge in [0.2, 0.25) is 0 Å². The molecule has 0 fully saturated rings. The first-order valence-corrected chi connectivity index (χ1v) is 4.79. The van der Waals surface area contributed by atoms with Crippen LogP contribution >= 0.6 is 10.7 Å². The lowest BCUT2D eigenvalue weighted by Gasteiger charge is -2.02. The highest BCUT2D eigenvalue weighted by atomic mass is 35.7. The molecular formula is C3H4ClF2NO4S. The molecule has 5 nitrogen and oxygen atoms in total. The Hall–Kier alpha value is -0.630. The molecule has 0 aliphatic rings. The first kappa shape index (κ1) is 11.4. The Kier molecular flexibility index (Phi) is 4.18. The highest BCUT2D eigenvalue weighted by Gasteiger charge is 2.13. The maximum Gasteiger partial charge on any atom is 0.422 e. The van der Waals surface area contributed by atoms with Gasteiger partial charge in [-0.3, -0.25) is 0 Å². The van der Waals surface area contributed by atoms with Crippen LogP contribution in [0.3, 0.4) is 0 Å². The van der Waals surface area contributed by atoms with Crippen molar-refractivity contribution < 1.29 is 26.7 Å². The Balaban J connectivity index is 3.77. The lowest BCUT2D eigenvalue weighted by atomic mass is 10.8. The van der Waals surface area contributed by atoms with E-state index in [1.807, 2.05) is 0 Å². The monoisotopic (exact) mass is 223 g/mol. The molecule has 1 amide bonds. The second-order valence-electron chi connectivity index (χ2n) is 1.53. The Labute approximate surface area is 71.2 Å². The number of carbonyl (C=O) groups excluding carboxylic acids is 1. The minimum absolute atomic E-state index is 1.12. The average molecular weight is 224 g/mol. The van der Waals surface area contributed by atoms with Crippen LogP contribution in [0.15, 0.2) is 0 Å². The molecule has 0 saturated heterocycles. The molecule has 0 heterocycles. The first-order chi connectivity index (χ1) is 5.31. The van der Waals surface area contributed by atoms with E-state index in [0.29, 0.717) is 0 Å². The van der Waals surface area contributed by atoms with Crippen LogP contribution in [0.25, 0.3) is 0 Å². The van der Waals surface area contributed by atoms with Crippen molar-refractivity contribution in [2.24, 2.45) is 0 Å². The molecule has 0 aliphatic carbocycles. The van der Waals surface area contributed by atoms with E-state index in [0.717, 1.165) is 4.72 Å². The predicted octanol–water partition coefficient (Wildman–Crippen LogP) is 0.461. The second-order valence-corrected chi connectivity index (χ2v) is 3.83. The van der Waals surface area contributed by atoms with E-state index in [-0.39, 0.29) is 0 Å². The molecule has 0 rings (SSSR count). The van der Waals surface area contributed by atoms with Crippen molar-refractivity contribution in [3.8, 4) is 0 Å². The van der Waals surface area contributed by atoms with Crippen molar-refractivity contribution in [1.29, 1.82) is 0 Å². The quantitative estimate of drug-likeness (QED) is 0.706. The van der Waals surface area contributed by atoms with Gasteiger partial charge in [-0.1, -0.05) is 0 Å². The number of amides is 1. The van der Waals surface area contributed by atoms with Gasteiger partial charge in [0.05, 0.1) is 0 Å². The molecule has 0 bridgehead atoms. The maximum absolute atomic E-state index is 11.3. The molecule has 72 valence electrons. The van der Waals surface area contributed by atoms with E-state index in [4.69, 9.17) is 0 Å². The number of nitrogens with one attached hydrogen (secondary N) is 1. The normalized spacial score (nSPS) is 11.3. The van der Waals surface area contributed by atoms with Gasteiger partial charge in [0.25, 0.3) is 6.43 Å². The summed E-state index contributed by atoms with van der Waals surface area (Å²) in [5.41, 5.74) is 0. The largest absolute Gasteiger partial charge is 0.443 e. The van der Waals surface area contributed by atoms with Gasteiger partial charge in [0.15, 0.2) is 6.61 Å². The standard InChI is InChI=1S/C3H4ClF2NO4S/c4-12(9,10)7-3(8)11-1-2(5)6/h2H,1H2,(H,7,8). The van der Waals surface area contributed by atoms with E-state index < -0.39 is 28.4 Å². The molecule has 0 atom stereocenters. The second kappa shape index (κ2) is 4.41. The van der Waals surface area contributed by atoms with Crippen LogP contribution < -0.4 is 4.72 Å². The van der Waals surface area contributed by atoms with Crippen molar-refractivity contribution >= 4 is 26.0 Å². The fourth-order valence-corrected chi connectivity index (χ4v) is 0.715. The molecule has 0 unspecified atom stereocenters. The zero-order chi connectivity index (χ0) is 9.78. The van der Waals surface area contributed by atoms with Crippen molar-refractivity contribution in [3.63, 3.8) is 0 Å².